The second-order valence-corrected chi connectivity index (χ2v) is 7.04. The molecule has 0 aliphatic carbocycles. The van der Waals surface area contributed by atoms with E-state index in [0.717, 1.165) is 6.42 Å². The molecule has 3 heteroatoms. The third-order valence-electron chi connectivity index (χ3n) is 5.67. The number of rotatable bonds is 2. The molecule has 118 valence electrons. The summed E-state index contributed by atoms with van der Waals surface area (Å²) in [6.45, 7) is 4.85. The van der Waals surface area contributed by atoms with Crippen LogP contribution in [0.1, 0.15) is 24.0 Å². The van der Waals surface area contributed by atoms with Crippen LogP contribution in [0.3, 0.4) is 0 Å². The van der Waals surface area contributed by atoms with E-state index in [1.165, 1.54) is 72.9 Å². The molecule has 0 unspecified atom stereocenters. The van der Waals surface area contributed by atoms with Crippen LogP contribution < -0.4 is 14.7 Å². The molecule has 3 heterocycles. The van der Waals surface area contributed by atoms with E-state index >= 15 is 0 Å². The topological polar surface area (TPSA) is 9.72 Å². The molecule has 0 atom stereocenters. The molecule has 2 fully saturated rings. The Morgan fingerprint density at radius 3 is 1.57 bits per heavy atom. The van der Waals surface area contributed by atoms with Gasteiger partial charge in [-0.05, 0) is 60.4 Å². The van der Waals surface area contributed by atoms with Gasteiger partial charge in [-0.25, -0.2) is 0 Å². The average molecular weight is 305 g/mol. The Kier molecular flexibility index (Phi) is 2.84. The monoisotopic (exact) mass is 305 g/mol. The molecular weight excluding hydrogens is 282 g/mol. The van der Waals surface area contributed by atoms with Crippen LogP contribution in [0.5, 0.6) is 0 Å². The van der Waals surface area contributed by atoms with Crippen LogP contribution in [0.2, 0.25) is 0 Å². The molecule has 3 aliphatic heterocycles. The van der Waals surface area contributed by atoms with Crippen LogP contribution in [-0.4, -0.2) is 33.2 Å². The second-order valence-electron chi connectivity index (χ2n) is 7.04. The minimum absolute atomic E-state index is 1.05. The summed E-state index contributed by atoms with van der Waals surface area (Å²) in [4.78, 5) is 7.31. The minimum atomic E-state index is 1.05. The molecule has 0 aromatic heterocycles. The summed E-state index contributed by atoms with van der Waals surface area (Å²) < 4.78 is 0. The van der Waals surface area contributed by atoms with Crippen molar-refractivity contribution in [3.8, 4) is 0 Å². The maximum atomic E-state index is 2.48. The molecule has 2 aromatic rings. The molecule has 3 nitrogen and oxygen atoms in total. The summed E-state index contributed by atoms with van der Waals surface area (Å²) in [6.07, 6.45) is 3.72. The van der Waals surface area contributed by atoms with Crippen molar-refractivity contribution >= 4 is 22.7 Å². The van der Waals surface area contributed by atoms with Crippen molar-refractivity contribution in [2.24, 2.45) is 0 Å². The van der Waals surface area contributed by atoms with Gasteiger partial charge < -0.3 is 14.7 Å². The summed E-state index contributed by atoms with van der Waals surface area (Å²) in [7, 11) is 2.20. The summed E-state index contributed by atoms with van der Waals surface area (Å²) >= 11 is 0. The highest BCUT2D eigenvalue weighted by Crippen LogP contribution is 2.41. The van der Waals surface area contributed by atoms with Crippen LogP contribution in [0, 0.1) is 0 Å². The first kappa shape index (κ1) is 13.3. The van der Waals surface area contributed by atoms with E-state index in [1.54, 1.807) is 0 Å². The quantitative estimate of drug-likeness (QED) is 0.836. The third kappa shape index (κ3) is 2.03. The Bertz CT molecular complexity index is 696. The first-order valence-electron chi connectivity index (χ1n) is 8.79. The van der Waals surface area contributed by atoms with Gasteiger partial charge in [-0.3, -0.25) is 0 Å². The number of anilines is 4. The van der Waals surface area contributed by atoms with Crippen molar-refractivity contribution in [3.63, 3.8) is 0 Å². The summed E-state index contributed by atoms with van der Waals surface area (Å²) in [5.41, 5.74) is 8.43. The van der Waals surface area contributed by atoms with Gasteiger partial charge in [0.2, 0.25) is 0 Å². The molecule has 2 saturated heterocycles. The van der Waals surface area contributed by atoms with Gasteiger partial charge in [-0.15, -0.1) is 0 Å². The lowest BCUT2D eigenvalue weighted by Crippen LogP contribution is -2.37. The largest absolute Gasteiger partial charge is 0.371 e. The Morgan fingerprint density at radius 2 is 1.17 bits per heavy atom. The van der Waals surface area contributed by atoms with Gasteiger partial charge in [-0.2, -0.15) is 0 Å². The van der Waals surface area contributed by atoms with E-state index in [1.807, 2.05) is 0 Å². The Hall–Kier alpha value is -2.16. The van der Waals surface area contributed by atoms with Crippen molar-refractivity contribution in [3.05, 3.63) is 47.5 Å². The smallest absolute Gasteiger partial charge is 0.0445 e. The standard InChI is InChI=1S/C20H23N3/c1-21-19-6-4-17(22-8-2-9-22)13-15(19)12-16-14-18(5-7-20(16)21)23-10-3-11-23/h4-7,13-14H,2-3,8-12H2,1H3. The van der Waals surface area contributed by atoms with Crippen molar-refractivity contribution < 1.29 is 0 Å². The molecule has 0 N–H and O–H groups in total. The zero-order chi connectivity index (χ0) is 15.4. The maximum Gasteiger partial charge on any atom is 0.0445 e. The fourth-order valence-corrected chi connectivity index (χ4v) is 3.96. The number of fused-ring (bicyclic) bond motifs is 2. The predicted molar refractivity (Wildman–Crippen MR) is 97.4 cm³/mol. The lowest BCUT2D eigenvalue weighted by Gasteiger charge is -2.37. The van der Waals surface area contributed by atoms with E-state index in [-0.39, 0.29) is 0 Å². The van der Waals surface area contributed by atoms with Gasteiger partial charge in [0, 0.05) is 62.4 Å². The SMILES string of the molecule is CN1c2ccc(N3CCC3)cc2Cc2cc(N3CCC3)ccc21. The summed E-state index contributed by atoms with van der Waals surface area (Å²) in [5.74, 6) is 0. The maximum absolute atomic E-state index is 2.48. The normalized spacial score (nSPS) is 18.9. The fourth-order valence-electron chi connectivity index (χ4n) is 3.96. The van der Waals surface area contributed by atoms with E-state index in [0.29, 0.717) is 0 Å². The zero-order valence-corrected chi connectivity index (χ0v) is 13.8. The van der Waals surface area contributed by atoms with E-state index in [9.17, 15) is 0 Å². The number of benzene rings is 2. The molecule has 3 aliphatic rings. The number of hydrogen-bond acceptors (Lipinski definition) is 3. The molecular formula is C20H23N3. The lowest BCUT2D eigenvalue weighted by atomic mass is 9.94. The van der Waals surface area contributed by atoms with Crippen molar-refractivity contribution in [2.45, 2.75) is 19.3 Å². The van der Waals surface area contributed by atoms with Crippen molar-refractivity contribution in [2.75, 3.05) is 47.9 Å². The third-order valence-corrected chi connectivity index (χ3v) is 5.67. The zero-order valence-electron chi connectivity index (χ0n) is 13.8. The van der Waals surface area contributed by atoms with Crippen LogP contribution in [-0.2, 0) is 6.42 Å². The fraction of sp³-hybridized carbons (Fsp3) is 0.400. The van der Waals surface area contributed by atoms with E-state index in [2.05, 4.69) is 58.1 Å². The van der Waals surface area contributed by atoms with Gasteiger partial charge in [0.05, 0.1) is 0 Å². The second kappa shape index (κ2) is 4.92. The first-order valence-corrected chi connectivity index (χ1v) is 8.79. The van der Waals surface area contributed by atoms with Gasteiger partial charge in [-0.1, -0.05) is 0 Å². The van der Waals surface area contributed by atoms with Gasteiger partial charge in [0.15, 0.2) is 0 Å². The summed E-state index contributed by atoms with van der Waals surface area (Å²) in [5, 5.41) is 0. The van der Waals surface area contributed by atoms with Crippen LogP contribution in [0.4, 0.5) is 22.7 Å². The minimum Gasteiger partial charge on any atom is -0.371 e. The van der Waals surface area contributed by atoms with Crippen LogP contribution in [0.25, 0.3) is 0 Å². The number of hydrogen-bond donors (Lipinski definition) is 0. The average Bonchev–Trinajstić information content (AvgIpc) is 2.43. The van der Waals surface area contributed by atoms with Crippen LogP contribution in [0.15, 0.2) is 36.4 Å². The molecule has 5 rings (SSSR count). The first-order chi connectivity index (χ1) is 11.3. The lowest BCUT2D eigenvalue weighted by molar-refractivity contribution is 0.617. The predicted octanol–water partition coefficient (Wildman–Crippen LogP) is 3.78. The molecule has 0 spiro atoms. The molecule has 2 aromatic carbocycles. The highest BCUT2D eigenvalue weighted by atomic mass is 15.2. The van der Waals surface area contributed by atoms with E-state index < -0.39 is 0 Å². The molecule has 0 bridgehead atoms. The highest BCUT2D eigenvalue weighted by molar-refractivity contribution is 5.77. The Balaban J connectivity index is 1.52. The molecule has 0 radical (unpaired) electrons. The van der Waals surface area contributed by atoms with Gasteiger partial charge in [0.25, 0.3) is 0 Å². The highest BCUT2D eigenvalue weighted by Gasteiger charge is 2.24. The van der Waals surface area contributed by atoms with Crippen LogP contribution >= 0.6 is 0 Å². The Morgan fingerprint density at radius 1 is 0.696 bits per heavy atom. The molecule has 0 saturated carbocycles. The molecule has 0 amide bonds. The molecule has 23 heavy (non-hydrogen) atoms. The number of nitrogens with zero attached hydrogens (tertiary/aromatic N) is 3. The van der Waals surface area contributed by atoms with Crippen molar-refractivity contribution in [1.29, 1.82) is 0 Å². The summed E-state index contributed by atoms with van der Waals surface area (Å²) in [6, 6.07) is 14.0. The van der Waals surface area contributed by atoms with Crippen molar-refractivity contribution in [1.82, 2.24) is 0 Å². The Labute approximate surface area is 138 Å². The van der Waals surface area contributed by atoms with E-state index in [4.69, 9.17) is 0 Å². The van der Waals surface area contributed by atoms with Gasteiger partial charge >= 0.3 is 0 Å². The van der Waals surface area contributed by atoms with Gasteiger partial charge in [0.1, 0.15) is 0 Å².